The van der Waals surface area contributed by atoms with Crippen LogP contribution in [-0.2, 0) is 10.3 Å². The van der Waals surface area contributed by atoms with Crippen LogP contribution >= 0.6 is 0 Å². The van der Waals surface area contributed by atoms with Crippen molar-refractivity contribution in [3.8, 4) is 11.8 Å². The summed E-state index contributed by atoms with van der Waals surface area (Å²) in [6.45, 7) is 5.94. The molecular weight excluding hydrogens is 456 g/mol. The van der Waals surface area contributed by atoms with E-state index in [0.29, 0.717) is 6.04 Å². The Hall–Kier alpha value is -3.38. The Morgan fingerprint density at radius 1 is 1.19 bits per heavy atom. The molecule has 1 aromatic heterocycles. The van der Waals surface area contributed by atoms with Gasteiger partial charge in [-0.05, 0) is 64.5 Å². The first kappa shape index (κ1) is 24.3. The van der Waals surface area contributed by atoms with Crippen molar-refractivity contribution >= 4 is 17.6 Å². The molecule has 36 heavy (non-hydrogen) atoms. The number of ether oxygens (including phenoxy) is 1. The number of carbonyl (C=O) groups excluding carboxylic acids is 2. The zero-order valence-electron chi connectivity index (χ0n) is 21.0. The lowest BCUT2D eigenvalue weighted by molar-refractivity contribution is -0.117. The van der Waals surface area contributed by atoms with Crippen LogP contribution in [0.3, 0.4) is 0 Å². The van der Waals surface area contributed by atoms with Gasteiger partial charge in [0.1, 0.15) is 16.9 Å². The van der Waals surface area contributed by atoms with Gasteiger partial charge in [-0.2, -0.15) is 10.4 Å². The minimum Gasteiger partial charge on any atom is -0.485 e. The average Bonchev–Trinajstić information content (AvgIpc) is 3.59. The van der Waals surface area contributed by atoms with Gasteiger partial charge in [0, 0.05) is 31.2 Å². The minimum absolute atomic E-state index is 0.0171. The number of nitriles is 1. The fourth-order valence-corrected chi connectivity index (χ4v) is 5.62. The molecule has 9 heteroatoms. The van der Waals surface area contributed by atoms with Crippen molar-refractivity contribution in [3.05, 3.63) is 41.6 Å². The smallest absolute Gasteiger partial charge is 0.254 e. The lowest BCUT2D eigenvalue weighted by Gasteiger charge is -2.53. The van der Waals surface area contributed by atoms with Crippen LogP contribution in [0.4, 0.5) is 5.82 Å². The number of nitrogens with one attached hydrogen (secondary N) is 1. The van der Waals surface area contributed by atoms with Crippen molar-refractivity contribution < 1.29 is 14.3 Å². The van der Waals surface area contributed by atoms with E-state index in [2.05, 4.69) is 47.4 Å². The number of primary amides is 1. The molecule has 0 radical (unpaired) electrons. The third-order valence-corrected chi connectivity index (χ3v) is 7.93. The molecule has 2 saturated carbocycles. The monoisotopic (exact) mass is 490 g/mol. The Balaban J connectivity index is 1.24. The number of nitrogens with two attached hydrogens (primary N) is 1. The molecule has 2 aliphatic carbocycles. The molecule has 2 heterocycles. The van der Waals surface area contributed by atoms with Crippen LogP contribution in [0.2, 0.25) is 0 Å². The first-order valence-electron chi connectivity index (χ1n) is 12.8. The second kappa shape index (κ2) is 9.25. The molecular formula is C27H34N6O3. The van der Waals surface area contributed by atoms with Crippen molar-refractivity contribution in [2.75, 3.05) is 18.4 Å². The topological polar surface area (TPSA) is 126 Å². The second-order valence-corrected chi connectivity index (χ2v) is 11.0. The van der Waals surface area contributed by atoms with Gasteiger partial charge in [-0.25, -0.2) is 0 Å². The van der Waals surface area contributed by atoms with Crippen molar-refractivity contribution in [2.24, 2.45) is 11.7 Å². The van der Waals surface area contributed by atoms with Crippen molar-refractivity contribution in [1.29, 1.82) is 5.26 Å². The number of likely N-dealkylation sites (tertiary alicyclic amines) is 1. The number of carbonyl (C=O) groups is 2. The van der Waals surface area contributed by atoms with Gasteiger partial charge in [-0.3, -0.25) is 19.2 Å². The van der Waals surface area contributed by atoms with Gasteiger partial charge >= 0.3 is 0 Å². The Labute approximate surface area is 211 Å². The molecule has 5 rings (SSSR count). The van der Waals surface area contributed by atoms with E-state index in [4.69, 9.17) is 10.5 Å². The molecule has 0 unspecified atom stereocenters. The van der Waals surface area contributed by atoms with E-state index >= 15 is 0 Å². The molecule has 3 fully saturated rings. The molecule has 1 aliphatic heterocycles. The Morgan fingerprint density at radius 2 is 1.86 bits per heavy atom. The molecule has 0 bridgehead atoms. The van der Waals surface area contributed by atoms with Gasteiger partial charge in [0.05, 0.1) is 18.0 Å². The van der Waals surface area contributed by atoms with Crippen molar-refractivity contribution in [1.82, 2.24) is 14.7 Å². The van der Waals surface area contributed by atoms with Gasteiger partial charge in [-0.15, -0.1) is 0 Å². The maximum absolute atomic E-state index is 12.3. The number of amides is 2. The maximum atomic E-state index is 12.3. The quantitative estimate of drug-likeness (QED) is 0.584. The summed E-state index contributed by atoms with van der Waals surface area (Å²) in [5.41, 5.74) is 6.26. The molecule has 0 spiro atoms. The third-order valence-electron chi connectivity index (χ3n) is 7.93. The average molecular weight is 491 g/mol. The Kier molecular flexibility index (Phi) is 6.25. The van der Waals surface area contributed by atoms with Gasteiger partial charge in [0.25, 0.3) is 5.91 Å². The van der Waals surface area contributed by atoms with E-state index in [0.717, 1.165) is 57.4 Å². The van der Waals surface area contributed by atoms with Gasteiger partial charge < -0.3 is 15.8 Å². The number of nitrogens with zero attached hydrogens (tertiary/aromatic N) is 4. The lowest BCUT2D eigenvalue weighted by Crippen LogP contribution is -2.66. The van der Waals surface area contributed by atoms with E-state index in [1.165, 1.54) is 5.56 Å². The van der Waals surface area contributed by atoms with Gasteiger partial charge in [0.2, 0.25) is 5.91 Å². The summed E-state index contributed by atoms with van der Waals surface area (Å²) in [6.07, 6.45) is 6.94. The fourth-order valence-electron chi connectivity index (χ4n) is 5.62. The van der Waals surface area contributed by atoms with Crippen LogP contribution in [0, 0.1) is 24.2 Å². The van der Waals surface area contributed by atoms with E-state index in [9.17, 15) is 14.9 Å². The zero-order chi connectivity index (χ0) is 25.5. The first-order valence-corrected chi connectivity index (χ1v) is 12.8. The van der Waals surface area contributed by atoms with Crippen LogP contribution < -0.4 is 15.8 Å². The highest BCUT2D eigenvalue weighted by molar-refractivity contribution is 6.02. The summed E-state index contributed by atoms with van der Waals surface area (Å²) >= 11 is 0. The SMILES string of the molecule is Cc1ccc(OC2(C)CN(C3CCC(CC#N)(n4cc(C(N)=O)c(NC(=O)C5CC5)n4)CC3)C2)cc1. The third kappa shape index (κ3) is 4.82. The maximum Gasteiger partial charge on any atom is 0.254 e. The van der Waals surface area contributed by atoms with E-state index in [-0.39, 0.29) is 35.2 Å². The largest absolute Gasteiger partial charge is 0.485 e. The summed E-state index contributed by atoms with van der Waals surface area (Å²) in [4.78, 5) is 26.8. The molecule has 3 aliphatic rings. The lowest BCUT2D eigenvalue weighted by atomic mass is 9.76. The van der Waals surface area contributed by atoms with Crippen molar-refractivity contribution in [3.63, 3.8) is 0 Å². The van der Waals surface area contributed by atoms with Crippen LogP contribution in [-0.4, -0.2) is 51.2 Å². The molecule has 1 saturated heterocycles. The van der Waals surface area contributed by atoms with E-state index < -0.39 is 11.4 Å². The predicted molar refractivity (Wildman–Crippen MR) is 134 cm³/mol. The standard InChI is InChI=1S/C27H34N6O3/c1-18-3-7-21(8-4-18)36-26(2)16-32(17-26)20-9-11-27(12-10-20,13-14-28)33-15-22(23(29)34)24(31-33)30-25(35)19-5-6-19/h3-4,7-8,15,19-20H,5-6,9-13,16-17H2,1-2H3,(H2,29,34)(H,30,31,35). The van der Waals surface area contributed by atoms with Gasteiger partial charge in [0.15, 0.2) is 5.82 Å². The number of hydrogen-bond acceptors (Lipinski definition) is 6. The number of rotatable bonds is 8. The molecule has 190 valence electrons. The molecule has 2 aromatic rings. The number of hydrogen-bond donors (Lipinski definition) is 2. The Morgan fingerprint density at radius 3 is 2.44 bits per heavy atom. The number of aryl methyl sites for hydroxylation is 1. The minimum atomic E-state index is -0.637. The summed E-state index contributed by atoms with van der Waals surface area (Å²) in [6, 6.07) is 10.9. The molecule has 2 amide bonds. The highest BCUT2D eigenvalue weighted by Crippen LogP contribution is 2.42. The summed E-state index contributed by atoms with van der Waals surface area (Å²) in [5, 5.41) is 17.0. The summed E-state index contributed by atoms with van der Waals surface area (Å²) in [5.74, 6) is 0.311. The highest BCUT2D eigenvalue weighted by Gasteiger charge is 2.47. The fraction of sp³-hybridized carbons (Fsp3) is 0.556. The summed E-state index contributed by atoms with van der Waals surface area (Å²) < 4.78 is 7.99. The Bertz CT molecular complexity index is 1180. The molecule has 3 N–H and O–H groups in total. The van der Waals surface area contributed by atoms with Crippen LogP contribution in [0.1, 0.15) is 67.8 Å². The predicted octanol–water partition coefficient (Wildman–Crippen LogP) is 3.34. The number of anilines is 1. The van der Waals surface area contributed by atoms with Crippen LogP contribution in [0.15, 0.2) is 30.5 Å². The second-order valence-electron chi connectivity index (χ2n) is 11.0. The highest BCUT2D eigenvalue weighted by atomic mass is 16.5. The van der Waals surface area contributed by atoms with Crippen LogP contribution in [0.25, 0.3) is 0 Å². The molecule has 1 aromatic carbocycles. The summed E-state index contributed by atoms with van der Waals surface area (Å²) in [7, 11) is 0. The number of benzene rings is 1. The molecule has 9 nitrogen and oxygen atoms in total. The van der Waals surface area contributed by atoms with E-state index in [1.807, 2.05) is 12.1 Å². The normalized spacial score (nSPS) is 25.4. The van der Waals surface area contributed by atoms with Crippen molar-refractivity contribution in [2.45, 2.75) is 76.0 Å². The zero-order valence-corrected chi connectivity index (χ0v) is 21.0. The number of aromatic nitrogens is 2. The van der Waals surface area contributed by atoms with E-state index in [1.54, 1.807) is 10.9 Å². The van der Waals surface area contributed by atoms with Crippen LogP contribution in [0.5, 0.6) is 5.75 Å². The van der Waals surface area contributed by atoms with Gasteiger partial charge in [-0.1, -0.05) is 17.7 Å². The first-order chi connectivity index (χ1) is 17.2. The molecule has 0 atom stereocenters.